The number of hydrogen-bond acceptors (Lipinski definition) is 7. The monoisotopic (exact) mass is 465 g/mol. The molecule has 27 heavy (non-hydrogen) atoms. The van der Waals surface area contributed by atoms with E-state index < -0.39 is 14.1 Å². The van der Waals surface area contributed by atoms with E-state index >= 15 is 0 Å². The van der Waals surface area contributed by atoms with Crippen LogP contribution in [0, 0.1) is 0 Å². The van der Waals surface area contributed by atoms with Gasteiger partial charge in [-0.15, -0.1) is 0 Å². The van der Waals surface area contributed by atoms with Gasteiger partial charge in [-0.2, -0.15) is 0 Å². The number of nitrogens with zero attached hydrogens (tertiary/aromatic N) is 3. The molecule has 0 radical (unpaired) electrons. The standard InChI is InChI=1S/C18H15N3O3S2Se/c1-24-14-8-6-12(7-9-14)15(22)11-25-18-20-19-17(26-18)21-10-13-4-2-3-5-16(13)27(21)23/h2-9H,10-11H2,1H3. The van der Waals surface area contributed by atoms with E-state index in [0.717, 1.165) is 15.8 Å². The van der Waals surface area contributed by atoms with E-state index in [1.165, 1.54) is 23.1 Å². The predicted octanol–water partition coefficient (Wildman–Crippen LogP) is 2.67. The van der Waals surface area contributed by atoms with Crippen molar-refractivity contribution in [3.8, 4) is 5.75 Å². The summed E-state index contributed by atoms with van der Waals surface area (Å²) in [5, 5.41) is 8.98. The summed E-state index contributed by atoms with van der Waals surface area (Å²) in [5.41, 5.74) is 1.71. The van der Waals surface area contributed by atoms with E-state index in [-0.39, 0.29) is 11.5 Å². The molecule has 1 aromatic heterocycles. The average molecular weight is 464 g/mol. The van der Waals surface area contributed by atoms with Crippen molar-refractivity contribution in [3.63, 3.8) is 0 Å². The fourth-order valence-electron chi connectivity index (χ4n) is 2.62. The number of Topliss-reactive ketones (excluding diaryl/α,β-unsaturated/α-hetero) is 1. The van der Waals surface area contributed by atoms with Crippen LogP contribution in [0.4, 0.5) is 5.13 Å². The quantitative estimate of drug-likeness (QED) is 0.316. The normalized spacial score (nSPS) is 15.6. The summed E-state index contributed by atoms with van der Waals surface area (Å²) in [6.45, 7) is 0.592. The topological polar surface area (TPSA) is 72.4 Å². The fraction of sp³-hybridized carbons (Fsp3) is 0.167. The maximum atomic E-state index is 12.7. The number of anilines is 1. The first kappa shape index (κ1) is 18.3. The second kappa shape index (κ2) is 7.90. The second-order valence-electron chi connectivity index (χ2n) is 5.68. The Morgan fingerprint density at radius 2 is 2.00 bits per heavy atom. The van der Waals surface area contributed by atoms with Crippen LogP contribution in [0.15, 0.2) is 52.9 Å². The zero-order chi connectivity index (χ0) is 18.8. The van der Waals surface area contributed by atoms with Crippen LogP contribution in [0.2, 0.25) is 0 Å². The average Bonchev–Trinajstić information content (AvgIpc) is 3.31. The van der Waals surface area contributed by atoms with Crippen molar-refractivity contribution in [1.29, 1.82) is 0 Å². The van der Waals surface area contributed by atoms with Gasteiger partial charge in [-0.3, -0.25) is 0 Å². The van der Waals surface area contributed by atoms with Crippen LogP contribution in [-0.4, -0.2) is 42.9 Å². The van der Waals surface area contributed by atoms with Crippen LogP contribution >= 0.6 is 23.1 Å². The molecule has 2 heterocycles. The number of aromatic nitrogens is 2. The number of benzene rings is 2. The SMILES string of the molecule is COc1ccc(C(=O)CSc2nnc(N3Cc4ccccc4[Se]3=O)s2)cc1. The molecule has 0 bridgehead atoms. The van der Waals surface area contributed by atoms with Crippen molar-refractivity contribution in [2.45, 2.75) is 10.9 Å². The number of rotatable bonds is 6. The van der Waals surface area contributed by atoms with Crippen LogP contribution in [-0.2, 0) is 10.4 Å². The van der Waals surface area contributed by atoms with Gasteiger partial charge in [0.05, 0.1) is 7.11 Å². The first-order valence-electron chi connectivity index (χ1n) is 8.06. The fourth-order valence-corrected chi connectivity index (χ4v) is 7.42. The molecular formula is C18H15N3O3S2Se. The summed E-state index contributed by atoms with van der Waals surface area (Å²) < 4.78 is 21.3. The third-order valence-corrected chi connectivity index (χ3v) is 9.46. The van der Waals surface area contributed by atoms with E-state index in [1.54, 1.807) is 31.4 Å². The molecule has 1 unspecified atom stereocenters. The Morgan fingerprint density at radius 3 is 2.74 bits per heavy atom. The first-order valence-corrected chi connectivity index (χ1v) is 12.2. The Balaban J connectivity index is 1.40. The van der Waals surface area contributed by atoms with E-state index in [1.807, 2.05) is 28.2 Å². The molecule has 1 aliphatic heterocycles. The van der Waals surface area contributed by atoms with Gasteiger partial charge >= 0.3 is 162 Å². The summed E-state index contributed by atoms with van der Waals surface area (Å²) in [6, 6.07) is 14.8. The second-order valence-corrected chi connectivity index (χ2v) is 10.8. The van der Waals surface area contributed by atoms with Gasteiger partial charge in [-0.25, -0.2) is 0 Å². The number of hydrogen-bond donors (Lipinski definition) is 0. The summed E-state index contributed by atoms with van der Waals surface area (Å²) in [4.78, 5) is 12.3. The van der Waals surface area contributed by atoms with Crippen molar-refractivity contribution < 1.29 is 13.4 Å². The number of carbonyl (C=O) groups is 1. The summed E-state index contributed by atoms with van der Waals surface area (Å²) in [7, 11) is 1.59. The number of ketones is 1. The molecule has 0 N–H and O–H groups in total. The van der Waals surface area contributed by atoms with Gasteiger partial charge in [0.1, 0.15) is 0 Å². The van der Waals surface area contributed by atoms with Gasteiger partial charge in [-0.1, -0.05) is 0 Å². The van der Waals surface area contributed by atoms with Crippen LogP contribution in [0.3, 0.4) is 0 Å². The number of fused-ring (bicyclic) bond motifs is 1. The predicted molar refractivity (Wildman–Crippen MR) is 107 cm³/mol. The Morgan fingerprint density at radius 1 is 1.22 bits per heavy atom. The molecule has 0 spiro atoms. The molecule has 6 nitrogen and oxygen atoms in total. The molecule has 0 aliphatic carbocycles. The van der Waals surface area contributed by atoms with Gasteiger partial charge in [0.15, 0.2) is 0 Å². The van der Waals surface area contributed by atoms with Crippen molar-refractivity contribution in [1.82, 2.24) is 10.2 Å². The summed E-state index contributed by atoms with van der Waals surface area (Å²) in [5.74, 6) is 1.01. The Bertz CT molecular complexity index is 1010. The molecule has 0 fully saturated rings. The number of methoxy groups -OCH3 is 1. The van der Waals surface area contributed by atoms with Gasteiger partial charge in [0.25, 0.3) is 0 Å². The number of ether oxygens (including phenoxy) is 1. The molecule has 0 amide bonds. The molecule has 1 aliphatic rings. The molecule has 1 atom stereocenters. The Labute approximate surface area is 168 Å². The molecule has 0 saturated carbocycles. The molecule has 138 valence electrons. The van der Waals surface area contributed by atoms with Gasteiger partial charge < -0.3 is 0 Å². The third-order valence-electron chi connectivity index (χ3n) is 4.02. The van der Waals surface area contributed by atoms with Crippen molar-refractivity contribution in [2.75, 3.05) is 16.8 Å². The van der Waals surface area contributed by atoms with Crippen LogP contribution in [0.1, 0.15) is 15.9 Å². The molecule has 2 aromatic carbocycles. The van der Waals surface area contributed by atoms with Crippen molar-refractivity contribution >= 4 is 52.5 Å². The molecule has 3 aromatic rings. The Kier molecular flexibility index (Phi) is 5.36. The van der Waals surface area contributed by atoms with Gasteiger partial charge in [0, 0.05) is 0 Å². The van der Waals surface area contributed by atoms with E-state index in [2.05, 4.69) is 10.2 Å². The van der Waals surface area contributed by atoms with Crippen molar-refractivity contribution in [2.24, 2.45) is 0 Å². The minimum atomic E-state index is -2.32. The third kappa shape index (κ3) is 3.82. The van der Waals surface area contributed by atoms with E-state index in [9.17, 15) is 8.63 Å². The molecule has 9 heteroatoms. The van der Waals surface area contributed by atoms with Gasteiger partial charge in [0.2, 0.25) is 0 Å². The number of carbonyl (C=O) groups excluding carboxylic acids is 1. The zero-order valence-electron chi connectivity index (χ0n) is 14.3. The van der Waals surface area contributed by atoms with Crippen LogP contribution in [0.5, 0.6) is 5.75 Å². The van der Waals surface area contributed by atoms with Crippen LogP contribution in [0.25, 0.3) is 0 Å². The van der Waals surface area contributed by atoms with Crippen molar-refractivity contribution in [3.05, 3.63) is 59.7 Å². The first-order chi connectivity index (χ1) is 13.2. The summed E-state index contributed by atoms with van der Waals surface area (Å²) in [6.07, 6.45) is 0. The Hall–Kier alpha value is -2.06. The molecule has 0 saturated heterocycles. The molecule has 4 rings (SSSR count). The molecular weight excluding hydrogens is 449 g/mol. The van der Waals surface area contributed by atoms with E-state index in [4.69, 9.17) is 4.74 Å². The maximum absolute atomic E-state index is 12.7. The zero-order valence-corrected chi connectivity index (χ0v) is 17.7. The van der Waals surface area contributed by atoms with Crippen LogP contribution < -0.4 is 13.1 Å². The van der Waals surface area contributed by atoms with Gasteiger partial charge in [-0.05, 0) is 0 Å². The van der Waals surface area contributed by atoms with E-state index in [0.29, 0.717) is 21.6 Å². The summed E-state index contributed by atoms with van der Waals surface area (Å²) >= 11 is 0.402. The number of thioether (sulfide) groups is 1. The minimum absolute atomic E-state index is 0.0168.